The predicted octanol–water partition coefficient (Wildman–Crippen LogP) is 2.50. The Hall–Kier alpha value is -3.58. The fourth-order valence-electron chi connectivity index (χ4n) is 3.72. The normalized spacial score (nSPS) is 14.1. The number of hydrogen-bond acceptors (Lipinski definition) is 6. The van der Waals surface area contributed by atoms with Crippen molar-refractivity contribution in [2.75, 3.05) is 6.54 Å². The lowest BCUT2D eigenvalue weighted by atomic mass is 10.1. The summed E-state index contributed by atoms with van der Waals surface area (Å²) >= 11 is 0. The van der Waals surface area contributed by atoms with Crippen molar-refractivity contribution in [3.05, 3.63) is 92.5 Å². The van der Waals surface area contributed by atoms with Crippen LogP contribution >= 0.6 is 0 Å². The van der Waals surface area contributed by atoms with Crippen molar-refractivity contribution in [2.45, 2.75) is 19.5 Å². The van der Waals surface area contributed by atoms with Crippen molar-refractivity contribution >= 4 is 11.0 Å². The Balaban J connectivity index is 1.43. The molecule has 0 saturated heterocycles. The fourth-order valence-corrected chi connectivity index (χ4v) is 3.72. The van der Waals surface area contributed by atoms with Crippen LogP contribution in [-0.4, -0.2) is 26.4 Å². The van der Waals surface area contributed by atoms with Gasteiger partial charge in [0, 0.05) is 49.6 Å². The van der Waals surface area contributed by atoms with Gasteiger partial charge in [-0.3, -0.25) is 19.5 Å². The van der Waals surface area contributed by atoms with Crippen LogP contribution in [0.1, 0.15) is 16.8 Å². The molecule has 0 aliphatic carbocycles. The van der Waals surface area contributed by atoms with Gasteiger partial charge >= 0.3 is 0 Å². The van der Waals surface area contributed by atoms with Crippen LogP contribution in [0, 0.1) is 0 Å². The summed E-state index contributed by atoms with van der Waals surface area (Å²) in [6.45, 7) is 1.58. The molecule has 0 spiro atoms. The third-order valence-electron chi connectivity index (χ3n) is 5.23. The number of benzene rings is 1. The highest BCUT2D eigenvalue weighted by Gasteiger charge is 2.22. The van der Waals surface area contributed by atoms with E-state index < -0.39 is 0 Å². The van der Waals surface area contributed by atoms with E-state index in [1.54, 1.807) is 24.5 Å². The standard InChI is InChI=1S/C22H18N4O3/c27-20-15(13-29-19-6-2-1-5-16(19)20)11-26-9-7-18-17(12-26)22(28)25-21(24-18)14-4-3-8-23-10-14/h1-6,8,10,13H,7,9,11-12H2,(H,24,25,28). The Morgan fingerprint density at radius 1 is 1.14 bits per heavy atom. The van der Waals surface area contributed by atoms with Gasteiger partial charge in [0.15, 0.2) is 5.43 Å². The fraction of sp³-hybridized carbons (Fsp3) is 0.182. The van der Waals surface area contributed by atoms with E-state index in [9.17, 15) is 9.59 Å². The predicted molar refractivity (Wildman–Crippen MR) is 108 cm³/mol. The van der Waals surface area contributed by atoms with E-state index in [0.29, 0.717) is 54.0 Å². The second-order valence-electron chi connectivity index (χ2n) is 7.13. The first kappa shape index (κ1) is 17.5. The van der Waals surface area contributed by atoms with Crippen molar-refractivity contribution in [3.63, 3.8) is 0 Å². The van der Waals surface area contributed by atoms with E-state index in [4.69, 9.17) is 4.42 Å². The summed E-state index contributed by atoms with van der Waals surface area (Å²) in [6, 6.07) is 10.9. The van der Waals surface area contributed by atoms with Crippen molar-refractivity contribution in [3.8, 4) is 11.4 Å². The monoisotopic (exact) mass is 386 g/mol. The van der Waals surface area contributed by atoms with Gasteiger partial charge in [0.25, 0.3) is 5.56 Å². The van der Waals surface area contributed by atoms with Gasteiger partial charge in [-0.05, 0) is 24.3 Å². The van der Waals surface area contributed by atoms with Crippen LogP contribution in [0.5, 0.6) is 0 Å². The molecule has 5 rings (SSSR count). The van der Waals surface area contributed by atoms with E-state index in [2.05, 4.69) is 19.9 Å². The molecule has 7 heteroatoms. The maximum absolute atomic E-state index is 12.7. The topological polar surface area (TPSA) is 92.1 Å². The molecule has 1 aliphatic heterocycles. The first-order valence-corrected chi connectivity index (χ1v) is 9.43. The summed E-state index contributed by atoms with van der Waals surface area (Å²) in [5.74, 6) is 0.533. The van der Waals surface area contributed by atoms with Gasteiger partial charge in [-0.1, -0.05) is 12.1 Å². The van der Waals surface area contributed by atoms with Crippen LogP contribution in [0.25, 0.3) is 22.4 Å². The third-order valence-corrected chi connectivity index (χ3v) is 5.23. The highest BCUT2D eigenvalue weighted by atomic mass is 16.3. The molecule has 144 valence electrons. The summed E-state index contributed by atoms with van der Waals surface area (Å²) in [7, 11) is 0. The van der Waals surface area contributed by atoms with Gasteiger partial charge in [0.1, 0.15) is 11.4 Å². The van der Waals surface area contributed by atoms with Crippen molar-refractivity contribution in [2.24, 2.45) is 0 Å². The summed E-state index contributed by atoms with van der Waals surface area (Å²) in [5, 5.41) is 0.572. The smallest absolute Gasteiger partial charge is 0.255 e. The molecule has 29 heavy (non-hydrogen) atoms. The number of rotatable bonds is 3. The molecule has 0 saturated carbocycles. The molecule has 0 amide bonds. The molecule has 3 aromatic heterocycles. The molecule has 4 aromatic rings. The minimum absolute atomic E-state index is 0.0309. The van der Waals surface area contributed by atoms with Gasteiger partial charge in [0.05, 0.1) is 22.9 Å². The molecule has 4 heterocycles. The van der Waals surface area contributed by atoms with Gasteiger partial charge in [-0.25, -0.2) is 4.98 Å². The van der Waals surface area contributed by atoms with E-state index >= 15 is 0 Å². The van der Waals surface area contributed by atoms with E-state index in [1.807, 2.05) is 24.3 Å². The number of nitrogens with zero attached hydrogens (tertiary/aromatic N) is 3. The number of aromatic amines is 1. The number of nitrogens with one attached hydrogen (secondary N) is 1. The number of pyridine rings is 1. The maximum atomic E-state index is 12.7. The SMILES string of the molecule is O=c1[nH]c(-c2cccnc2)nc2c1CN(Cc1coc3ccccc3c1=O)CC2. The molecular weight excluding hydrogens is 368 g/mol. The zero-order valence-electron chi connectivity index (χ0n) is 15.6. The number of fused-ring (bicyclic) bond motifs is 2. The Kier molecular flexibility index (Phi) is 4.29. The molecular formula is C22H18N4O3. The Bertz CT molecular complexity index is 1310. The van der Waals surface area contributed by atoms with Crippen LogP contribution in [0.2, 0.25) is 0 Å². The molecule has 1 aliphatic rings. The minimum atomic E-state index is -0.149. The van der Waals surface area contributed by atoms with Crippen molar-refractivity contribution in [1.29, 1.82) is 0 Å². The van der Waals surface area contributed by atoms with Crippen molar-refractivity contribution in [1.82, 2.24) is 19.9 Å². The summed E-state index contributed by atoms with van der Waals surface area (Å²) in [4.78, 5) is 39.1. The zero-order valence-corrected chi connectivity index (χ0v) is 15.6. The van der Waals surface area contributed by atoms with Crippen LogP contribution in [0.15, 0.2) is 69.1 Å². The molecule has 0 radical (unpaired) electrons. The van der Waals surface area contributed by atoms with Gasteiger partial charge in [0.2, 0.25) is 0 Å². The molecule has 1 N–H and O–H groups in total. The summed E-state index contributed by atoms with van der Waals surface area (Å²) < 4.78 is 5.61. The molecule has 1 aromatic carbocycles. The second kappa shape index (κ2) is 7.10. The lowest BCUT2D eigenvalue weighted by Crippen LogP contribution is -2.36. The number of aromatic nitrogens is 3. The van der Waals surface area contributed by atoms with E-state index in [-0.39, 0.29) is 11.0 Å². The molecule has 0 bridgehead atoms. The first-order valence-electron chi connectivity index (χ1n) is 9.43. The lowest BCUT2D eigenvalue weighted by molar-refractivity contribution is 0.239. The van der Waals surface area contributed by atoms with E-state index in [1.165, 1.54) is 6.26 Å². The molecule has 0 fully saturated rings. The third kappa shape index (κ3) is 3.25. The zero-order chi connectivity index (χ0) is 19.8. The lowest BCUT2D eigenvalue weighted by Gasteiger charge is -2.27. The number of hydrogen-bond donors (Lipinski definition) is 1. The minimum Gasteiger partial charge on any atom is -0.464 e. The van der Waals surface area contributed by atoms with Gasteiger partial charge < -0.3 is 9.40 Å². The van der Waals surface area contributed by atoms with Crippen LogP contribution in [-0.2, 0) is 19.5 Å². The van der Waals surface area contributed by atoms with Gasteiger partial charge in [-0.15, -0.1) is 0 Å². The Morgan fingerprint density at radius 2 is 2.03 bits per heavy atom. The van der Waals surface area contributed by atoms with E-state index in [0.717, 1.165) is 11.3 Å². The second-order valence-corrected chi connectivity index (χ2v) is 7.13. The highest BCUT2D eigenvalue weighted by molar-refractivity contribution is 5.76. The van der Waals surface area contributed by atoms with Crippen molar-refractivity contribution < 1.29 is 4.42 Å². The van der Waals surface area contributed by atoms with Crippen LogP contribution in [0.3, 0.4) is 0 Å². The molecule has 7 nitrogen and oxygen atoms in total. The average Bonchev–Trinajstić information content (AvgIpc) is 2.77. The van der Waals surface area contributed by atoms with Crippen LogP contribution < -0.4 is 11.0 Å². The quantitative estimate of drug-likeness (QED) is 0.582. The maximum Gasteiger partial charge on any atom is 0.255 e. The van der Waals surface area contributed by atoms with Gasteiger partial charge in [-0.2, -0.15) is 0 Å². The molecule has 0 unspecified atom stereocenters. The number of H-pyrrole nitrogens is 1. The molecule has 0 atom stereocenters. The largest absolute Gasteiger partial charge is 0.464 e. The number of para-hydroxylation sites is 1. The summed E-state index contributed by atoms with van der Waals surface area (Å²) in [5.41, 5.74) is 3.21. The highest BCUT2D eigenvalue weighted by Crippen LogP contribution is 2.19. The Morgan fingerprint density at radius 3 is 2.90 bits per heavy atom. The van der Waals surface area contributed by atoms with Crippen LogP contribution in [0.4, 0.5) is 0 Å². The Labute approximate surface area is 165 Å². The average molecular weight is 386 g/mol. The summed E-state index contributed by atoms with van der Waals surface area (Å²) in [6.07, 6.45) is 5.53. The first-order chi connectivity index (χ1) is 14.2.